The minimum Gasteiger partial charge on any atom is -0.363 e. The molecule has 2 aromatic rings. The summed E-state index contributed by atoms with van der Waals surface area (Å²) in [7, 11) is 3.76. The molecule has 1 aliphatic rings. The van der Waals surface area contributed by atoms with Crippen molar-refractivity contribution in [2.75, 3.05) is 24.3 Å². The molecular formula is C25H31F6N5O. The second kappa shape index (κ2) is 10.4. The molecule has 1 saturated carbocycles. The molecular weight excluding hydrogens is 500 g/mol. The van der Waals surface area contributed by atoms with Crippen molar-refractivity contribution in [3.05, 3.63) is 46.6 Å². The van der Waals surface area contributed by atoms with E-state index in [9.17, 15) is 31.1 Å². The maximum Gasteiger partial charge on any atom is 0.416 e. The van der Waals surface area contributed by atoms with Gasteiger partial charge in [-0.1, -0.05) is 0 Å². The van der Waals surface area contributed by atoms with Crippen molar-refractivity contribution >= 4 is 17.7 Å². The molecule has 0 aliphatic heterocycles. The Morgan fingerprint density at radius 1 is 0.838 bits per heavy atom. The highest BCUT2D eigenvalue weighted by molar-refractivity contribution is 5.87. The van der Waals surface area contributed by atoms with Gasteiger partial charge in [0.15, 0.2) is 0 Å². The Bertz CT molecular complexity index is 1090. The van der Waals surface area contributed by atoms with Crippen molar-refractivity contribution < 1.29 is 31.1 Å². The van der Waals surface area contributed by atoms with Crippen molar-refractivity contribution in [2.45, 2.75) is 76.3 Å². The van der Waals surface area contributed by atoms with E-state index in [1.165, 1.54) is 13.8 Å². The molecule has 204 valence electrons. The SMILES string of the molecule is Cc1cc(N(C)C)nc(NC2CCC(NC(=O)C(C)(C)c3cc(C(F)(F)F)cc(C(F)(F)F)c3)CC2)n1. The number of halogens is 6. The van der Waals surface area contributed by atoms with Gasteiger partial charge in [0.1, 0.15) is 5.82 Å². The van der Waals surface area contributed by atoms with E-state index in [0.717, 1.165) is 11.5 Å². The van der Waals surface area contributed by atoms with Crippen LogP contribution in [0.5, 0.6) is 0 Å². The lowest BCUT2D eigenvalue weighted by molar-refractivity contribution is -0.143. The van der Waals surface area contributed by atoms with E-state index in [1.807, 2.05) is 32.0 Å². The lowest BCUT2D eigenvalue weighted by Gasteiger charge is -2.33. The summed E-state index contributed by atoms with van der Waals surface area (Å²) in [6, 6.07) is 2.95. The van der Waals surface area contributed by atoms with E-state index in [2.05, 4.69) is 20.6 Å². The van der Waals surface area contributed by atoms with Gasteiger partial charge in [0.25, 0.3) is 0 Å². The van der Waals surface area contributed by atoms with Crippen molar-refractivity contribution in [2.24, 2.45) is 0 Å². The number of carbonyl (C=O) groups is 1. The molecule has 1 amide bonds. The van der Waals surface area contributed by atoms with Gasteiger partial charge in [0, 0.05) is 37.9 Å². The third-order valence-corrected chi connectivity index (χ3v) is 6.57. The van der Waals surface area contributed by atoms with E-state index >= 15 is 0 Å². The fraction of sp³-hybridized carbons (Fsp3) is 0.560. The molecule has 1 aromatic carbocycles. The number of amides is 1. The molecule has 1 heterocycles. The van der Waals surface area contributed by atoms with Gasteiger partial charge < -0.3 is 15.5 Å². The highest BCUT2D eigenvalue weighted by Crippen LogP contribution is 2.39. The van der Waals surface area contributed by atoms with Crippen LogP contribution in [0.15, 0.2) is 24.3 Å². The molecule has 0 radical (unpaired) electrons. The molecule has 0 spiro atoms. The van der Waals surface area contributed by atoms with Gasteiger partial charge in [-0.25, -0.2) is 4.98 Å². The molecule has 0 saturated heterocycles. The number of aryl methyl sites for hydroxylation is 1. The molecule has 0 unspecified atom stereocenters. The quantitative estimate of drug-likeness (QED) is 0.468. The number of aromatic nitrogens is 2. The number of nitrogens with one attached hydrogen (secondary N) is 2. The topological polar surface area (TPSA) is 70.2 Å². The van der Waals surface area contributed by atoms with Crippen LogP contribution in [0.1, 0.15) is 61.9 Å². The predicted octanol–water partition coefficient (Wildman–Crippen LogP) is 5.71. The van der Waals surface area contributed by atoms with Crippen molar-refractivity contribution in [1.29, 1.82) is 0 Å². The molecule has 12 heteroatoms. The summed E-state index contributed by atoms with van der Waals surface area (Å²) in [4.78, 5) is 23.8. The maximum absolute atomic E-state index is 13.3. The van der Waals surface area contributed by atoms with E-state index in [-0.39, 0.29) is 23.7 Å². The number of hydrogen-bond donors (Lipinski definition) is 2. The van der Waals surface area contributed by atoms with Crippen LogP contribution in [0, 0.1) is 6.92 Å². The second-order valence-electron chi connectivity index (χ2n) is 10.2. The van der Waals surface area contributed by atoms with Crippen molar-refractivity contribution in [1.82, 2.24) is 15.3 Å². The Morgan fingerprint density at radius 2 is 1.32 bits per heavy atom. The Labute approximate surface area is 211 Å². The zero-order chi connectivity index (χ0) is 27.8. The Morgan fingerprint density at radius 3 is 1.81 bits per heavy atom. The summed E-state index contributed by atoms with van der Waals surface area (Å²) >= 11 is 0. The number of hydrogen-bond acceptors (Lipinski definition) is 5. The highest BCUT2D eigenvalue weighted by Gasteiger charge is 2.40. The second-order valence-corrected chi connectivity index (χ2v) is 10.2. The first kappa shape index (κ1) is 28.5. The van der Waals surface area contributed by atoms with Crippen LogP contribution in [0.3, 0.4) is 0 Å². The summed E-state index contributed by atoms with van der Waals surface area (Å²) in [6.07, 6.45) is -7.43. The molecule has 6 nitrogen and oxygen atoms in total. The molecule has 1 fully saturated rings. The first-order chi connectivity index (χ1) is 17.0. The Balaban J connectivity index is 1.68. The van der Waals surface area contributed by atoms with E-state index < -0.39 is 34.8 Å². The van der Waals surface area contributed by atoms with Crippen LogP contribution < -0.4 is 15.5 Å². The van der Waals surface area contributed by atoms with Crippen molar-refractivity contribution in [3.63, 3.8) is 0 Å². The average molecular weight is 532 g/mol. The number of rotatable bonds is 6. The molecule has 1 aromatic heterocycles. The largest absolute Gasteiger partial charge is 0.416 e. The van der Waals surface area contributed by atoms with Gasteiger partial charge in [-0.05, 0) is 70.2 Å². The first-order valence-corrected chi connectivity index (χ1v) is 11.9. The van der Waals surface area contributed by atoms with Crippen molar-refractivity contribution in [3.8, 4) is 0 Å². The minimum absolute atomic E-state index is 0.0607. The van der Waals surface area contributed by atoms with Crippen LogP contribution >= 0.6 is 0 Å². The number of carbonyl (C=O) groups excluding carboxylic acids is 1. The van der Waals surface area contributed by atoms with Gasteiger partial charge in [-0.2, -0.15) is 31.3 Å². The number of alkyl halides is 6. The van der Waals surface area contributed by atoms with Gasteiger partial charge in [-0.3, -0.25) is 4.79 Å². The van der Waals surface area contributed by atoms with E-state index in [0.29, 0.717) is 43.8 Å². The minimum atomic E-state index is -4.98. The summed E-state index contributed by atoms with van der Waals surface area (Å²) in [5.41, 5.74) is -4.04. The van der Waals surface area contributed by atoms with Gasteiger partial charge >= 0.3 is 12.4 Å². The molecule has 0 atom stereocenters. The highest BCUT2D eigenvalue weighted by atomic mass is 19.4. The molecule has 0 bridgehead atoms. The Hall–Kier alpha value is -3.05. The third-order valence-electron chi connectivity index (χ3n) is 6.57. The molecule has 2 N–H and O–H groups in total. The van der Waals surface area contributed by atoms with Gasteiger partial charge in [-0.15, -0.1) is 0 Å². The van der Waals surface area contributed by atoms with Crippen LogP contribution in [0.4, 0.5) is 38.1 Å². The average Bonchev–Trinajstić information content (AvgIpc) is 2.78. The fourth-order valence-electron chi connectivity index (χ4n) is 4.22. The summed E-state index contributed by atoms with van der Waals surface area (Å²) in [5, 5.41) is 6.14. The summed E-state index contributed by atoms with van der Waals surface area (Å²) in [5.74, 6) is 0.637. The lowest BCUT2D eigenvalue weighted by atomic mass is 9.81. The van der Waals surface area contributed by atoms with Gasteiger partial charge in [0.2, 0.25) is 11.9 Å². The molecule has 3 rings (SSSR count). The number of nitrogens with zero attached hydrogens (tertiary/aromatic N) is 3. The monoisotopic (exact) mass is 531 g/mol. The van der Waals surface area contributed by atoms with Crippen LogP contribution in [0.25, 0.3) is 0 Å². The van der Waals surface area contributed by atoms with Gasteiger partial charge in [0.05, 0.1) is 16.5 Å². The fourth-order valence-corrected chi connectivity index (χ4v) is 4.22. The number of anilines is 2. The Kier molecular flexibility index (Phi) is 7.99. The third kappa shape index (κ3) is 7.04. The zero-order valence-electron chi connectivity index (χ0n) is 21.3. The van der Waals surface area contributed by atoms with Crippen LogP contribution in [-0.2, 0) is 22.6 Å². The molecule has 1 aliphatic carbocycles. The predicted molar refractivity (Wildman–Crippen MR) is 128 cm³/mol. The zero-order valence-corrected chi connectivity index (χ0v) is 21.3. The first-order valence-electron chi connectivity index (χ1n) is 11.9. The standard InChI is InChI=1S/C25H31F6N5O/c1-14-10-20(36(4)5)35-22(32-14)34-19-8-6-18(7-9-19)33-21(37)23(2,3)15-11-16(24(26,27)28)13-17(12-15)25(29,30)31/h10-13,18-19H,6-9H2,1-5H3,(H,33,37)(H,32,34,35). The normalized spacial score (nSPS) is 18.9. The lowest BCUT2D eigenvalue weighted by Crippen LogP contribution is -2.47. The smallest absolute Gasteiger partial charge is 0.363 e. The molecule has 37 heavy (non-hydrogen) atoms. The van der Waals surface area contributed by atoms with E-state index in [1.54, 1.807) is 0 Å². The number of benzene rings is 1. The van der Waals surface area contributed by atoms with E-state index in [4.69, 9.17) is 0 Å². The van der Waals surface area contributed by atoms with Crippen LogP contribution in [0.2, 0.25) is 0 Å². The summed E-state index contributed by atoms with van der Waals surface area (Å²) in [6.45, 7) is 4.52. The summed E-state index contributed by atoms with van der Waals surface area (Å²) < 4.78 is 79.7. The maximum atomic E-state index is 13.3. The van der Waals surface area contributed by atoms with Crippen LogP contribution in [-0.4, -0.2) is 42.1 Å².